The second-order valence-electron chi connectivity index (χ2n) is 5.01. The van der Waals surface area contributed by atoms with Crippen molar-refractivity contribution in [1.82, 2.24) is 9.97 Å². The van der Waals surface area contributed by atoms with E-state index in [1.54, 1.807) is 36.7 Å². The van der Waals surface area contributed by atoms with Crippen LogP contribution in [0, 0.1) is 0 Å². The van der Waals surface area contributed by atoms with Crippen molar-refractivity contribution in [3.8, 4) is 5.75 Å². The number of benzene rings is 1. The van der Waals surface area contributed by atoms with Gasteiger partial charge in [-0.1, -0.05) is 26.0 Å². The van der Waals surface area contributed by atoms with Crippen LogP contribution in [0.15, 0.2) is 36.7 Å². The lowest BCUT2D eigenvalue weighted by molar-refractivity contribution is -0.118. The molecule has 0 bridgehead atoms. The van der Waals surface area contributed by atoms with Crippen molar-refractivity contribution in [2.45, 2.75) is 19.8 Å². The van der Waals surface area contributed by atoms with Crippen molar-refractivity contribution in [2.75, 3.05) is 11.9 Å². The molecule has 0 aliphatic rings. The lowest BCUT2D eigenvalue weighted by atomic mass is 10.2. The van der Waals surface area contributed by atoms with E-state index in [9.17, 15) is 9.59 Å². The summed E-state index contributed by atoms with van der Waals surface area (Å²) in [4.78, 5) is 30.8. The lowest BCUT2D eigenvalue weighted by Crippen LogP contribution is -2.20. The predicted octanol–water partition coefficient (Wildman–Crippen LogP) is 2.43. The third kappa shape index (κ3) is 4.37. The number of anilines is 1. The summed E-state index contributed by atoms with van der Waals surface area (Å²) in [6, 6.07) is 6.60. The van der Waals surface area contributed by atoms with Crippen LogP contribution in [0.3, 0.4) is 0 Å². The predicted molar refractivity (Wildman–Crippen MR) is 82.1 cm³/mol. The van der Waals surface area contributed by atoms with E-state index in [0.717, 1.165) is 12.1 Å². The maximum absolute atomic E-state index is 11.8. The Morgan fingerprint density at radius 3 is 2.68 bits per heavy atom. The molecule has 0 aliphatic heterocycles. The average molecular weight is 299 g/mol. The highest BCUT2D eigenvalue weighted by atomic mass is 16.5. The van der Waals surface area contributed by atoms with Crippen molar-refractivity contribution < 1.29 is 14.3 Å². The van der Waals surface area contributed by atoms with Crippen LogP contribution in [0.5, 0.6) is 5.75 Å². The third-order valence-electron chi connectivity index (χ3n) is 2.84. The number of carbonyl (C=O) groups is 2. The molecular formula is C16H17N3O3. The van der Waals surface area contributed by atoms with Crippen LogP contribution in [-0.2, 0) is 4.79 Å². The molecule has 0 saturated carbocycles. The largest absolute Gasteiger partial charge is 0.484 e. The Morgan fingerprint density at radius 2 is 2.05 bits per heavy atom. The molecule has 1 aromatic heterocycles. The normalized spacial score (nSPS) is 10.3. The molecule has 1 N–H and O–H groups in total. The molecule has 1 amide bonds. The van der Waals surface area contributed by atoms with Crippen molar-refractivity contribution in [3.05, 3.63) is 48.0 Å². The maximum atomic E-state index is 11.8. The van der Waals surface area contributed by atoms with Gasteiger partial charge in [0.15, 0.2) is 6.61 Å². The van der Waals surface area contributed by atoms with Gasteiger partial charge in [-0.05, 0) is 12.1 Å². The molecule has 6 heteroatoms. The molecular weight excluding hydrogens is 282 g/mol. The highest BCUT2D eigenvalue weighted by molar-refractivity contribution is 5.91. The molecule has 1 heterocycles. The number of amides is 1. The van der Waals surface area contributed by atoms with Crippen LogP contribution in [0.2, 0.25) is 0 Å². The first-order chi connectivity index (χ1) is 10.6. The van der Waals surface area contributed by atoms with E-state index in [-0.39, 0.29) is 18.4 Å². The van der Waals surface area contributed by atoms with Gasteiger partial charge in [-0.15, -0.1) is 0 Å². The zero-order valence-electron chi connectivity index (χ0n) is 12.4. The number of hydrogen-bond donors (Lipinski definition) is 1. The zero-order chi connectivity index (χ0) is 15.9. The van der Waals surface area contributed by atoms with Crippen LogP contribution in [-0.4, -0.2) is 28.8 Å². The number of rotatable bonds is 6. The van der Waals surface area contributed by atoms with Crippen molar-refractivity contribution in [3.63, 3.8) is 0 Å². The van der Waals surface area contributed by atoms with Gasteiger partial charge in [0, 0.05) is 11.5 Å². The summed E-state index contributed by atoms with van der Waals surface area (Å²) in [5.74, 6) is 1.10. The van der Waals surface area contributed by atoms with E-state index >= 15 is 0 Å². The van der Waals surface area contributed by atoms with Gasteiger partial charge in [-0.2, -0.15) is 0 Å². The Labute approximate surface area is 128 Å². The van der Waals surface area contributed by atoms with Crippen molar-refractivity contribution >= 4 is 17.9 Å². The van der Waals surface area contributed by atoms with Crippen LogP contribution in [0.4, 0.5) is 5.69 Å². The summed E-state index contributed by atoms with van der Waals surface area (Å²) in [5, 5.41) is 2.65. The Morgan fingerprint density at radius 1 is 1.32 bits per heavy atom. The number of ether oxygens (including phenoxy) is 1. The maximum Gasteiger partial charge on any atom is 0.262 e. The molecule has 0 spiro atoms. The van der Waals surface area contributed by atoms with Gasteiger partial charge in [-0.3, -0.25) is 9.59 Å². The van der Waals surface area contributed by atoms with Crippen molar-refractivity contribution in [1.29, 1.82) is 0 Å². The summed E-state index contributed by atoms with van der Waals surface area (Å²) < 4.78 is 5.33. The van der Waals surface area contributed by atoms with Gasteiger partial charge in [0.05, 0.1) is 18.1 Å². The van der Waals surface area contributed by atoms with Crippen LogP contribution < -0.4 is 10.1 Å². The fourth-order valence-corrected chi connectivity index (χ4v) is 1.72. The van der Waals surface area contributed by atoms with E-state index in [2.05, 4.69) is 15.3 Å². The zero-order valence-corrected chi connectivity index (χ0v) is 12.4. The Hall–Kier alpha value is -2.76. The smallest absolute Gasteiger partial charge is 0.262 e. The monoisotopic (exact) mass is 299 g/mol. The first kappa shape index (κ1) is 15.6. The topological polar surface area (TPSA) is 81.2 Å². The second kappa shape index (κ2) is 7.31. The number of carbonyl (C=O) groups excluding carboxylic acids is 2. The highest BCUT2D eigenvalue weighted by Crippen LogP contribution is 2.13. The Balaban J connectivity index is 1.88. The number of hydrogen-bond acceptors (Lipinski definition) is 5. The fourth-order valence-electron chi connectivity index (χ4n) is 1.72. The Kier molecular flexibility index (Phi) is 5.19. The van der Waals surface area contributed by atoms with Crippen molar-refractivity contribution in [2.24, 2.45) is 0 Å². The Bertz CT molecular complexity index is 654. The summed E-state index contributed by atoms with van der Waals surface area (Å²) in [7, 11) is 0. The quantitative estimate of drug-likeness (QED) is 0.828. The summed E-state index contributed by atoms with van der Waals surface area (Å²) in [5.41, 5.74) is 1.01. The number of nitrogens with one attached hydrogen (secondary N) is 1. The van der Waals surface area contributed by atoms with Gasteiger partial charge >= 0.3 is 0 Å². The van der Waals surface area contributed by atoms with E-state index < -0.39 is 0 Å². The second-order valence-corrected chi connectivity index (χ2v) is 5.01. The molecule has 2 rings (SSSR count). The first-order valence-corrected chi connectivity index (χ1v) is 6.88. The minimum atomic E-state index is -0.322. The summed E-state index contributed by atoms with van der Waals surface area (Å²) in [6.07, 6.45) is 3.85. The highest BCUT2D eigenvalue weighted by Gasteiger charge is 2.06. The molecule has 0 radical (unpaired) electrons. The van der Waals surface area contributed by atoms with E-state index in [4.69, 9.17) is 4.74 Å². The number of nitrogens with zero attached hydrogens (tertiary/aromatic N) is 2. The lowest BCUT2D eigenvalue weighted by Gasteiger charge is -2.08. The van der Waals surface area contributed by atoms with Gasteiger partial charge in [0.1, 0.15) is 17.9 Å². The first-order valence-electron chi connectivity index (χ1n) is 6.88. The number of aromatic nitrogens is 2. The van der Waals surface area contributed by atoms with Gasteiger partial charge in [0.2, 0.25) is 0 Å². The minimum absolute atomic E-state index is 0.158. The van der Waals surface area contributed by atoms with Crippen LogP contribution in [0.1, 0.15) is 35.9 Å². The van der Waals surface area contributed by atoms with E-state index in [1.807, 2.05) is 13.8 Å². The van der Waals surface area contributed by atoms with Crippen LogP contribution in [0.25, 0.3) is 0 Å². The molecule has 22 heavy (non-hydrogen) atoms. The van der Waals surface area contributed by atoms with E-state index in [0.29, 0.717) is 17.0 Å². The third-order valence-corrected chi connectivity index (χ3v) is 2.84. The number of aldehydes is 1. The fraction of sp³-hybridized carbons (Fsp3) is 0.250. The summed E-state index contributed by atoms with van der Waals surface area (Å²) in [6.45, 7) is 3.83. The molecule has 0 fully saturated rings. The molecule has 0 unspecified atom stereocenters. The SMILES string of the molecule is CC(C)c1ncc(NC(=O)COc2cccc(C=O)c2)cn1. The molecule has 6 nitrogen and oxygen atoms in total. The van der Waals surface area contributed by atoms with Gasteiger partial charge in [0.25, 0.3) is 5.91 Å². The molecule has 2 aromatic rings. The van der Waals surface area contributed by atoms with Crippen LogP contribution >= 0.6 is 0 Å². The summed E-state index contributed by atoms with van der Waals surface area (Å²) >= 11 is 0. The standard InChI is InChI=1S/C16H17N3O3/c1-11(2)16-17-7-13(8-18-16)19-15(21)10-22-14-5-3-4-12(6-14)9-20/h3-9,11H,10H2,1-2H3,(H,19,21). The van der Waals surface area contributed by atoms with E-state index in [1.165, 1.54) is 0 Å². The minimum Gasteiger partial charge on any atom is -0.484 e. The molecule has 1 aromatic carbocycles. The molecule has 0 saturated heterocycles. The van der Waals surface area contributed by atoms with Gasteiger partial charge < -0.3 is 10.1 Å². The molecule has 0 atom stereocenters. The molecule has 114 valence electrons. The average Bonchev–Trinajstić information content (AvgIpc) is 2.53. The van der Waals surface area contributed by atoms with Gasteiger partial charge in [-0.25, -0.2) is 9.97 Å². The molecule has 0 aliphatic carbocycles.